The van der Waals surface area contributed by atoms with Crippen molar-refractivity contribution in [3.05, 3.63) is 98.6 Å². The van der Waals surface area contributed by atoms with Gasteiger partial charge in [0, 0.05) is 23.5 Å². The molecule has 0 atom stereocenters. The third-order valence-electron chi connectivity index (χ3n) is 5.46. The van der Waals surface area contributed by atoms with E-state index >= 15 is 0 Å². The summed E-state index contributed by atoms with van der Waals surface area (Å²) in [6, 6.07) is 18.7. The quantitative estimate of drug-likeness (QED) is 0.376. The Labute approximate surface area is 217 Å². The number of benzene rings is 3. The van der Waals surface area contributed by atoms with Crippen LogP contribution in [0.5, 0.6) is 0 Å². The maximum atomic E-state index is 13.1. The summed E-state index contributed by atoms with van der Waals surface area (Å²) in [7, 11) is 0. The second kappa shape index (κ2) is 10.1. The summed E-state index contributed by atoms with van der Waals surface area (Å²) in [5.41, 5.74) is 3.02. The maximum absolute atomic E-state index is 13.1. The Balaban J connectivity index is 1.53. The van der Waals surface area contributed by atoms with Gasteiger partial charge in [0.2, 0.25) is 0 Å². The predicted molar refractivity (Wildman–Crippen MR) is 140 cm³/mol. The van der Waals surface area contributed by atoms with E-state index in [1.165, 1.54) is 18.2 Å². The molecule has 35 heavy (non-hydrogen) atoms. The van der Waals surface area contributed by atoms with Gasteiger partial charge >= 0.3 is 0 Å². The fourth-order valence-electron chi connectivity index (χ4n) is 3.71. The summed E-state index contributed by atoms with van der Waals surface area (Å²) in [5.74, 6) is -1.46. The average molecular weight is 529 g/mol. The molecule has 0 fully saturated rings. The zero-order chi connectivity index (χ0) is 25.3. The van der Waals surface area contributed by atoms with Crippen LogP contribution in [0.1, 0.15) is 22.8 Å². The van der Waals surface area contributed by atoms with Gasteiger partial charge in [0.25, 0.3) is 17.7 Å². The van der Waals surface area contributed by atoms with Crippen LogP contribution in [0.3, 0.4) is 0 Å². The largest absolute Gasteiger partial charge is 0.350 e. The fraction of sp³-hybridized carbons (Fsp3) is 0.115. The number of carbonyl (C=O) groups excluding carboxylic acids is 3. The summed E-state index contributed by atoms with van der Waals surface area (Å²) < 4.78 is 0. The van der Waals surface area contributed by atoms with Crippen molar-refractivity contribution in [2.24, 2.45) is 0 Å². The number of hydrogen-bond acceptors (Lipinski definition) is 4. The molecule has 3 amide bonds. The molecule has 0 unspecified atom stereocenters. The lowest BCUT2D eigenvalue weighted by Gasteiger charge is -2.21. The van der Waals surface area contributed by atoms with E-state index in [4.69, 9.17) is 34.8 Å². The van der Waals surface area contributed by atoms with Crippen molar-refractivity contribution in [1.82, 2.24) is 0 Å². The summed E-state index contributed by atoms with van der Waals surface area (Å²) >= 11 is 18.2. The Morgan fingerprint density at radius 2 is 1.63 bits per heavy atom. The van der Waals surface area contributed by atoms with Gasteiger partial charge in [0.05, 0.1) is 15.7 Å². The van der Waals surface area contributed by atoms with Crippen molar-refractivity contribution in [1.29, 1.82) is 0 Å². The number of amides is 3. The molecule has 3 aromatic carbocycles. The van der Waals surface area contributed by atoms with Crippen LogP contribution in [-0.2, 0) is 9.59 Å². The molecule has 0 bridgehead atoms. The van der Waals surface area contributed by atoms with E-state index in [1.807, 2.05) is 38.1 Å². The van der Waals surface area contributed by atoms with Gasteiger partial charge in [-0.1, -0.05) is 46.9 Å². The average Bonchev–Trinajstić information content (AvgIpc) is 3.05. The van der Waals surface area contributed by atoms with E-state index in [-0.39, 0.29) is 27.3 Å². The van der Waals surface area contributed by atoms with Crippen LogP contribution in [0.25, 0.3) is 0 Å². The first kappa shape index (κ1) is 24.8. The molecule has 0 aromatic heterocycles. The Bertz CT molecular complexity index is 1370. The number of imide groups is 1. The summed E-state index contributed by atoms with van der Waals surface area (Å²) in [6.45, 7) is 4.39. The smallest absolute Gasteiger partial charge is 0.283 e. The van der Waals surface area contributed by atoms with Crippen molar-refractivity contribution < 1.29 is 14.4 Å². The van der Waals surface area contributed by atoms with Crippen LogP contribution in [-0.4, -0.2) is 24.3 Å². The van der Waals surface area contributed by atoms with Gasteiger partial charge in [-0.2, -0.15) is 0 Å². The van der Waals surface area contributed by atoms with Gasteiger partial charge in [-0.3, -0.25) is 14.4 Å². The molecule has 4 rings (SSSR count). The van der Waals surface area contributed by atoms with Gasteiger partial charge in [0.15, 0.2) is 0 Å². The van der Waals surface area contributed by atoms with Crippen molar-refractivity contribution in [2.45, 2.75) is 13.8 Å². The molecule has 0 saturated heterocycles. The standard InChI is InChI=1S/C26H20Cl3N3O3/c1-3-31(18-6-4-5-15(2)13-18)24(33)16-7-9-17(10-8-16)30-23-22(29)25(34)32(26(23)35)19-11-12-20(27)21(28)14-19/h4-14,30H,3H2,1-2H3. The van der Waals surface area contributed by atoms with Crippen molar-refractivity contribution >= 4 is 69.6 Å². The van der Waals surface area contributed by atoms with E-state index in [2.05, 4.69) is 5.32 Å². The molecule has 0 spiro atoms. The second-order valence-electron chi connectivity index (χ2n) is 7.82. The highest BCUT2D eigenvalue weighted by Crippen LogP contribution is 2.33. The lowest BCUT2D eigenvalue weighted by atomic mass is 10.1. The zero-order valence-corrected chi connectivity index (χ0v) is 21.1. The van der Waals surface area contributed by atoms with E-state index in [1.54, 1.807) is 29.2 Å². The van der Waals surface area contributed by atoms with Crippen LogP contribution in [0, 0.1) is 6.92 Å². The van der Waals surface area contributed by atoms with E-state index in [9.17, 15) is 14.4 Å². The Morgan fingerprint density at radius 3 is 2.26 bits per heavy atom. The van der Waals surface area contributed by atoms with Crippen LogP contribution < -0.4 is 15.1 Å². The molecule has 3 aromatic rings. The maximum Gasteiger partial charge on any atom is 0.283 e. The summed E-state index contributed by atoms with van der Waals surface area (Å²) in [6.07, 6.45) is 0. The first-order valence-corrected chi connectivity index (χ1v) is 11.8. The highest BCUT2D eigenvalue weighted by atomic mass is 35.5. The first-order chi connectivity index (χ1) is 16.7. The number of aryl methyl sites for hydroxylation is 1. The normalized spacial score (nSPS) is 13.5. The highest BCUT2D eigenvalue weighted by Gasteiger charge is 2.39. The van der Waals surface area contributed by atoms with Crippen LogP contribution in [0.2, 0.25) is 10.0 Å². The van der Waals surface area contributed by atoms with E-state index in [0.29, 0.717) is 22.8 Å². The molecule has 0 saturated carbocycles. The lowest BCUT2D eigenvalue weighted by Crippen LogP contribution is -2.32. The number of carbonyl (C=O) groups is 3. The van der Waals surface area contributed by atoms with Gasteiger partial charge in [-0.15, -0.1) is 0 Å². The molecule has 9 heteroatoms. The number of nitrogens with one attached hydrogen (secondary N) is 1. The molecular formula is C26H20Cl3N3O3. The van der Waals surface area contributed by atoms with Gasteiger partial charge in [-0.25, -0.2) is 4.90 Å². The zero-order valence-electron chi connectivity index (χ0n) is 18.8. The minimum Gasteiger partial charge on any atom is -0.350 e. The minimum atomic E-state index is -0.680. The second-order valence-corrected chi connectivity index (χ2v) is 9.02. The minimum absolute atomic E-state index is 0.0724. The third kappa shape index (κ3) is 4.91. The fourth-order valence-corrected chi connectivity index (χ4v) is 4.21. The molecule has 1 heterocycles. The van der Waals surface area contributed by atoms with Crippen LogP contribution >= 0.6 is 34.8 Å². The topological polar surface area (TPSA) is 69.7 Å². The molecule has 1 N–H and O–H groups in total. The molecule has 0 aliphatic carbocycles. The van der Waals surface area contributed by atoms with E-state index in [0.717, 1.165) is 16.2 Å². The molecule has 0 radical (unpaired) electrons. The van der Waals surface area contributed by atoms with Gasteiger partial charge in [-0.05, 0) is 74.0 Å². The Morgan fingerprint density at radius 1 is 0.914 bits per heavy atom. The molecule has 1 aliphatic heterocycles. The summed E-state index contributed by atoms with van der Waals surface area (Å²) in [4.78, 5) is 41.3. The number of halogens is 3. The predicted octanol–water partition coefficient (Wildman–Crippen LogP) is 6.40. The highest BCUT2D eigenvalue weighted by molar-refractivity contribution is 6.53. The number of anilines is 3. The number of rotatable bonds is 6. The Kier molecular flexibility index (Phi) is 7.17. The van der Waals surface area contributed by atoms with Crippen LogP contribution in [0.15, 0.2) is 77.5 Å². The van der Waals surface area contributed by atoms with E-state index < -0.39 is 11.8 Å². The molecule has 178 valence electrons. The van der Waals surface area contributed by atoms with Crippen LogP contribution in [0.4, 0.5) is 17.1 Å². The van der Waals surface area contributed by atoms with Gasteiger partial charge < -0.3 is 10.2 Å². The summed E-state index contributed by atoms with van der Waals surface area (Å²) in [5, 5.41) is 3.14. The third-order valence-corrected chi connectivity index (χ3v) is 6.55. The molecule has 6 nitrogen and oxygen atoms in total. The number of nitrogens with zero attached hydrogens (tertiary/aromatic N) is 2. The molecular weight excluding hydrogens is 509 g/mol. The lowest BCUT2D eigenvalue weighted by molar-refractivity contribution is -0.120. The van der Waals surface area contributed by atoms with Crippen molar-refractivity contribution in [2.75, 3.05) is 21.7 Å². The van der Waals surface area contributed by atoms with Crippen molar-refractivity contribution in [3.63, 3.8) is 0 Å². The van der Waals surface area contributed by atoms with Gasteiger partial charge in [0.1, 0.15) is 10.7 Å². The molecule has 1 aliphatic rings. The first-order valence-electron chi connectivity index (χ1n) is 10.7. The van der Waals surface area contributed by atoms with Crippen molar-refractivity contribution in [3.8, 4) is 0 Å². The monoisotopic (exact) mass is 527 g/mol. The number of hydrogen-bond donors (Lipinski definition) is 1. The SMILES string of the molecule is CCN(C(=O)c1ccc(NC2=C(Cl)C(=O)N(c3ccc(Cl)c(Cl)c3)C2=O)cc1)c1cccc(C)c1. The Hall–Kier alpha value is -3.32.